The van der Waals surface area contributed by atoms with Gasteiger partial charge in [-0.1, -0.05) is 32.6 Å². The van der Waals surface area contributed by atoms with Gasteiger partial charge in [-0.15, -0.1) is 0 Å². The van der Waals surface area contributed by atoms with E-state index in [0.717, 1.165) is 5.25 Å². The standard InChI is InChI=1S/C12H26S2/c1-4-9-12(14-3)10-7-5-6-8-11-13-2/h12H,4-11H2,1-3H3. The summed E-state index contributed by atoms with van der Waals surface area (Å²) in [6.07, 6.45) is 14.4. The predicted molar refractivity (Wildman–Crippen MR) is 73.7 cm³/mol. The molecule has 0 aliphatic rings. The minimum absolute atomic E-state index is 0.931. The summed E-state index contributed by atoms with van der Waals surface area (Å²) in [6.45, 7) is 2.29. The minimum Gasteiger partial charge on any atom is -0.165 e. The summed E-state index contributed by atoms with van der Waals surface area (Å²) in [4.78, 5) is 0. The van der Waals surface area contributed by atoms with Gasteiger partial charge in [-0.3, -0.25) is 0 Å². The van der Waals surface area contributed by atoms with Crippen LogP contribution in [0.15, 0.2) is 0 Å². The Bertz CT molecular complexity index is 104. The zero-order valence-corrected chi connectivity index (χ0v) is 11.7. The molecular weight excluding hydrogens is 208 g/mol. The number of hydrogen-bond acceptors (Lipinski definition) is 2. The lowest BCUT2D eigenvalue weighted by atomic mass is 10.1. The van der Waals surface area contributed by atoms with Crippen molar-refractivity contribution in [2.24, 2.45) is 0 Å². The summed E-state index contributed by atoms with van der Waals surface area (Å²) in [6, 6.07) is 0. The Morgan fingerprint density at radius 3 is 2.21 bits per heavy atom. The van der Waals surface area contributed by atoms with E-state index in [1.54, 1.807) is 0 Å². The first-order valence-corrected chi connectivity index (χ1v) is 8.55. The first-order chi connectivity index (χ1) is 6.85. The van der Waals surface area contributed by atoms with Gasteiger partial charge in [0.25, 0.3) is 0 Å². The summed E-state index contributed by atoms with van der Waals surface area (Å²) in [5.74, 6) is 1.35. The maximum atomic E-state index is 2.29. The van der Waals surface area contributed by atoms with Crippen LogP contribution in [-0.4, -0.2) is 23.5 Å². The van der Waals surface area contributed by atoms with Gasteiger partial charge < -0.3 is 0 Å². The van der Waals surface area contributed by atoms with Crippen LogP contribution in [0.5, 0.6) is 0 Å². The van der Waals surface area contributed by atoms with Gasteiger partial charge in [0, 0.05) is 5.25 Å². The smallest absolute Gasteiger partial charge is 0.00441 e. The molecule has 0 rings (SSSR count). The van der Waals surface area contributed by atoms with E-state index in [9.17, 15) is 0 Å². The fourth-order valence-corrected chi connectivity index (χ4v) is 3.04. The van der Waals surface area contributed by atoms with Crippen LogP contribution in [0.25, 0.3) is 0 Å². The highest BCUT2D eigenvalue weighted by Gasteiger charge is 2.04. The molecule has 86 valence electrons. The van der Waals surface area contributed by atoms with Crippen molar-refractivity contribution in [3.05, 3.63) is 0 Å². The van der Waals surface area contributed by atoms with Crippen LogP contribution in [0.1, 0.15) is 51.9 Å². The van der Waals surface area contributed by atoms with Crippen LogP contribution in [0, 0.1) is 0 Å². The van der Waals surface area contributed by atoms with E-state index in [-0.39, 0.29) is 0 Å². The lowest BCUT2D eigenvalue weighted by Gasteiger charge is -2.12. The Hall–Kier alpha value is 0.700. The highest BCUT2D eigenvalue weighted by Crippen LogP contribution is 2.20. The second kappa shape index (κ2) is 11.8. The number of thioether (sulfide) groups is 2. The fraction of sp³-hybridized carbons (Fsp3) is 1.00. The SMILES string of the molecule is CCCC(CCCCCCSC)SC. The Morgan fingerprint density at radius 1 is 0.929 bits per heavy atom. The van der Waals surface area contributed by atoms with E-state index < -0.39 is 0 Å². The minimum atomic E-state index is 0.931. The van der Waals surface area contributed by atoms with Gasteiger partial charge in [-0.05, 0) is 37.5 Å². The van der Waals surface area contributed by atoms with E-state index in [1.807, 2.05) is 11.8 Å². The molecule has 0 aromatic rings. The molecule has 1 atom stereocenters. The van der Waals surface area contributed by atoms with Crippen LogP contribution in [0.2, 0.25) is 0 Å². The van der Waals surface area contributed by atoms with Crippen molar-refractivity contribution in [2.45, 2.75) is 57.1 Å². The van der Waals surface area contributed by atoms with E-state index in [1.165, 1.54) is 50.7 Å². The van der Waals surface area contributed by atoms with Crippen molar-refractivity contribution in [1.82, 2.24) is 0 Å². The summed E-state index contributed by atoms with van der Waals surface area (Å²) in [5, 5.41) is 0.931. The lowest BCUT2D eigenvalue weighted by Crippen LogP contribution is -2.00. The highest BCUT2D eigenvalue weighted by atomic mass is 32.2. The van der Waals surface area contributed by atoms with Crippen molar-refractivity contribution < 1.29 is 0 Å². The van der Waals surface area contributed by atoms with Crippen LogP contribution in [0.3, 0.4) is 0 Å². The number of rotatable bonds is 10. The zero-order valence-electron chi connectivity index (χ0n) is 10.1. The second-order valence-corrected chi connectivity index (χ2v) is 5.97. The molecule has 0 saturated carbocycles. The second-order valence-electron chi connectivity index (χ2n) is 3.84. The molecule has 2 heteroatoms. The Balaban J connectivity index is 3.15. The van der Waals surface area contributed by atoms with Crippen molar-refractivity contribution >= 4 is 23.5 Å². The summed E-state index contributed by atoms with van der Waals surface area (Å²) in [5.41, 5.74) is 0. The van der Waals surface area contributed by atoms with E-state index in [4.69, 9.17) is 0 Å². The molecule has 1 unspecified atom stereocenters. The molecule has 0 aliphatic carbocycles. The summed E-state index contributed by atoms with van der Waals surface area (Å²) < 4.78 is 0. The van der Waals surface area contributed by atoms with Gasteiger partial charge in [0.15, 0.2) is 0 Å². The van der Waals surface area contributed by atoms with Crippen molar-refractivity contribution in [3.8, 4) is 0 Å². The maximum absolute atomic E-state index is 2.29. The lowest BCUT2D eigenvalue weighted by molar-refractivity contribution is 0.597. The average molecular weight is 234 g/mol. The van der Waals surface area contributed by atoms with Crippen LogP contribution < -0.4 is 0 Å². The maximum Gasteiger partial charge on any atom is 0.00441 e. The predicted octanol–water partition coefficient (Wildman–Crippen LogP) is 4.83. The van der Waals surface area contributed by atoms with Gasteiger partial charge >= 0.3 is 0 Å². The molecule has 0 bridgehead atoms. The molecule has 0 radical (unpaired) electrons. The van der Waals surface area contributed by atoms with Gasteiger partial charge in [0.2, 0.25) is 0 Å². The van der Waals surface area contributed by atoms with Crippen molar-refractivity contribution in [3.63, 3.8) is 0 Å². The van der Waals surface area contributed by atoms with E-state index >= 15 is 0 Å². The van der Waals surface area contributed by atoms with E-state index in [2.05, 4.69) is 31.2 Å². The number of hydrogen-bond donors (Lipinski definition) is 0. The number of unbranched alkanes of at least 4 members (excludes halogenated alkanes) is 3. The quantitative estimate of drug-likeness (QED) is 0.497. The molecule has 0 aliphatic heterocycles. The molecule has 14 heavy (non-hydrogen) atoms. The van der Waals surface area contributed by atoms with Gasteiger partial charge in [0.05, 0.1) is 0 Å². The zero-order chi connectivity index (χ0) is 10.6. The first kappa shape index (κ1) is 14.7. The topological polar surface area (TPSA) is 0 Å². The summed E-state index contributed by atoms with van der Waals surface area (Å²) in [7, 11) is 0. The normalized spacial score (nSPS) is 13.1. The Labute approximate surface area is 99.0 Å². The molecule has 0 fully saturated rings. The van der Waals surface area contributed by atoms with E-state index in [0.29, 0.717) is 0 Å². The van der Waals surface area contributed by atoms with Crippen LogP contribution >= 0.6 is 23.5 Å². The molecule has 0 saturated heterocycles. The average Bonchev–Trinajstić information content (AvgIpc) is 2.21. The molecule has 0 N–H and O–H groups in total. The Morgan fingerprint density at radius 2 is 1.64 bits per heavy atom. The molecule has 0 aromatic heterocycles. The van der Waals surface area contributed by atoms with Crippen molar-refractivity contribution in [2.75, 3.05) is 18.3 Å². The van der Waals surface area contributed by atoms with Gasteiger partial charge in [-0.2, -0.15) is 23.5 Å². The largest absolute Gasteiger partial charge is 0.165 e. The third-order valence-electron chi connectivity index (χ3n) is 2.57. The molecular formula is C12H26S2. The third-order valence-corrected chi connectivity index (χ3v) is 4.40. The first-order valence-electron chi connectivity index (χ1n) is 5.86. The Kier molecular flexibility index (Phi) is 12.4. The molecule has 0 aromatic carbocycles. The summed E-state index contributed by atoms with van der Waals surface area (Å²) >= 11 is 4.03. The molecule has 0 amide bonds. The van der Waals surface area contributed by atoms with Gasteiger partial charge in [0.1, 0.15) is 0 Å². The molecule has 0 heterocycles. The highest BCUT2D eigenvalue weighted by molar-refractivity contribution is 7.99. The van der Waals surface area contributed by atoms with Crippen molar-refractivity contribution in [1.29, 1.82) is 0 Å². The van der Waals surface area contributed by atoms with Crippen LogP contribution in [0.4, 0.5) is 0 Å². The molecule has 0 spiro atoms. The fourth-order valence-electron chi connectivity index (χ4n) is 1.67. The monoisotopic (exact) mass is 234 g/mol. The third kappa shape index (κ3) is 9.26. The van der Waals surface area contributed by atoms with Gasteiger partial charge in [-0.25, -0.2) is 0 Å². The van der Waals surface area contributed by atoms with Crippen LogP contribution in [-0.2, 0) is 0 Å². The molecule has 0 nitrogen and oxygen atoms in total.